The van der Waals surface area contributed by atoms with Crippen molar-refractivity contribution in [2.24, 2.45) is 5.73 Å². The van der Waals surface area contributed by atoms with Crippen LogP contribution in [0.25, 0.3) is 10.9 Å². The number of nitrogens with two attached hydrogens (primary N) is 1. The molecule has 0 aliphatic heterocycles. The summed E-state index contributed by atoms with van der Waals surface area (Å²) in [7, 11) is 0. The van der Waals surface area contributed by atoms with Gasteiger partial charge in [0, 0.05) is 30.1 Å². The second-order valence-corrected chi connectivity index (χ2v) is 5.34. The maximum atomic E-state index is 6.25. The van der Waals surface area contributed by atoms with E-state index in [1.54, 1.807) is 0 Å². The molecule has 1 aromatic carbocycles. The quantitative estimate of drug-likeness (QED) is 0.897. The Labute approximate surface area is 114 Å². The maximum absolute atomic E-state index is 6.25. The minimum absolute atomic E-state index is 0.0684. The molecule has 0 bridgehead atoms. The number of ether oxygens (including phenoxy) is 1. The Bertz CT molecular complexity index is 551. The van der Waals surface area contributed by atoms with Crippen molar-refractivity contribution >= 4 is 10.9 Å². The van der Waals surface area contributed by atoms with Crippen molar-refractivity contribution in [2.75, 3.05) is 6.61 Å². The summed E-state index contributed by atoms with van der Waals surface area (Å²) in [4.78, 5) is 4.65. The van der Waals surface area contributed by atoms with Crippen LogP contribution in [0.5, 0.6) is 0 Å². The van der Waals surface area contributed by atoms with Crippen LogP contribution in [-0.2, 0) is 11.2 Å². The Kier molecular flexibility index (Phi) is 4.17. The molecule has 3 heteroatoms. The predicted molar refractivity (Wildman–Crippen MR) is 79.1 cm³/mol. The molecule has 0 saturated carbocycles. The molecule has 2 N–H and O–H groups in total. The summed E-state index contributed by atoms with van der Waals surface area (Å²) < 4.78 is 5.70. The standard InChI is InChI=1S/C16H22N2O/c1-4-19-16(2,3)15(17)11-13-10-9-12-7-5-6-8-14(12)18-13/h5-10,15H,4,11,17H2,1-3H3. The van der Waals surface area contributed by atoms with E-state index in [-0.39, 0.29) is 11.6 Å². The van der Waals surface area contributed by atoms with Crippen LogP contribution in [0.3, 0.4) is 0 Å². The van der Waals surface area contributed by atoms with E-state index in [0.29, 0.717) is 6.61 Å². The van der Waals surface area contributed by atoms with Crippen LogP contribution >= 0.6 is 0 Å². The first-order chi connectivity index (χ1) is 9.03. The molecule has 0 aliphatic rings. The fourth-order valence-corrected chi connectivity index (χ4v) is 2.17. The molecular weight excluding hydrogens is 236 g/mol. The number of hydrogen-bond acceptors (Lipinski definition) is 3. The third-order valence-electron chi connectivity index (χ3n) is 3.49. The van der Waals surface area contributed by atoms with E-state index >= 15 is 0 Å². The molecule has 0 radical (unpaired) electrons. The van der Waals surface area contributed by atoms with E-state index in [1.807, 2.05) is 45.0 Å². The number of aromatic nitrogens is 1. The van der Waals surface area contributed by atoms with E-state index < -0.39 is 0 Å². The molecule has 1 aromatic heterocycles. The van der Waals surface area contributed by atoms with Gasteiger partial charge in [-0.2, -0.15) is 0 Å². The smallest absolute Gasteiger partial charge is 0.0780 e. The molecule has 0 spiro atoms. The van der Waals surface area contributed by atoms with Gasteiger partial charge < -0.3 is 10.5 Å². The monoisotopic (exact) mass is 258 g/mol. The maximum Gasteiger partial charge on any atom is 0.0780 e. The fraction of sp³-hybridized carbons (Fsp3) is 0.438. The first-order valence-electron chi connectivity index (χ1n) is 6.77. The minimum Gasteiger partial charge on any atom is -0.374 e. The summed E-state index contributed by atoms with van der Waals surface area (Å²) >= 11 is 0. The highest BCUT2D eigenvalue weighted by molar-refractivity contribution is 5.78. The van der Waals surface area contributed by atoms with Crippen molar-refractivity contribution in [3.63, 3.8) is 0 Å². The molecular formula is C16H22N2O. The van der Waals surface area contributed by atoms with Gasteiger partial charge in [-0.3, -0.25) is 4.98 Å². The van der Waals surface area contributed by atoms with E-state index in [1.165, 1.54) is 0 Å². The molecule has 3 nitrogen and oxygen atoms in total. The Hall–Kier alpha value is -1.45. The van der Waals surface area contributed by atoms with Gasteiger partial charge >= 0.3 is 0 Å². The zero-order valence-corrected chi connectivity index (χ0v) is 11.9. The summed E-state index contributed by atoms with van der Waals surface area (Å²) in [5, 5.41) is 1.16. The van der Waals surface area contributed by atoms with Crippen LogP contribution in [0.1, 0.15) is 26.5 Å². The Balaban J connectivity index is 2.17. The first kappa shape index (κ1) is 14.0. The van der Waals surface area contributed by atoms with Gasteiger partial charge in [0.05, 0.1) is 11.1 Å². The average Bonchev–Trinajstić information content (AvgIpc) is 2.38. The van der Waals surface area contributed by atoms with Crippen LogP contribution < -0.4 is 5.73 Å². The van der Waals surface area contributed by atoms with Gasteiger partial charge in [-0.05, 0) is 32.9 Å². The Morgan fingerprint density at radius 2 is 1.95 bits per heavy atom. The average molecular weight is 258 g/mol. The molecule has 0 aliphatic carbocycles. The van der Waals surface area contributed by atoms with E-state index in [2.05, 4.69) is 17.1 Å². The highest BCUT2D eigenvalue weighted by Gasteiger charge is 2.27. The van der Waals surface area contributed by atoms with Gasteiger partial charge in [0.1, 0.15) is 0 Å². The van der Waals surface area contributed by atoms with Crippen LogP contribution in [0, 0.1) is 0 Å². The molecule has 102 valence electrons. The number of hydrogen-bond donors (Lipinski definition) is 1. The third kappa shape index (κ3) is 3.31. The van der Waals surface area contributed by atoms with E-state index in [9.17, 15) is 0 Å². The number of rotatable bonds is 5. The van der Waals surface area contributed by atoms with Gasteiger partial charge in [-0.1, -0.05) is 24.3 Å². The third-order valence-corrected chi connectivity index (χ3v) is 3.49. The number of pyridine rings is 1. The van der Waals surface area contributed by atoms with Gasteiger partial charge in [0.2, 0.25) is 0 Å². The van der Waals surface area contributed by atoms with Crippen molar-refractivity contribution in [1.29, 1.82) is 0 Å². The van der Waals surface area contributed by atoms with Gasteiger partial charge in [0.15, 0.2) is 0 Å². The second-order valence-electron chi connectivity index (χ2n) is 5.34. The van der Waals surface area contributed by atoms with E-state index in [0.717, 1.165) is 23.0 Å². The normalized spacial score (nSPS) is 13.7. The first-order valence-corrected chi connectivity index (χ1v) is 6.77. The summed E-state index contributed by atoms with van der Waals surface area (Å²) in [6.07, 6.45) is 0.720. The summed E-state index contributed by atoms with van der Waals surface area (Å²) in [6.45, 7) is 6.72. The lowest BCUT2D eigenvalue weighted by molar-refractivity contribution is -0.0289. The van der Waals surface area contributed by atoms with Gasteiger partial charge in [-0.15, -0.1) is 0 Å². The molecule has 2 rings (SSSR count). The topological polar surface area (TPSA) is 48.1 Å². The summed E-state index contributed by atoms with van der Waals surface area (Å²) in [6, 6.07) is 12.2. The molecule has 0 amide bonds. The van der Waals surface area contributed by atoms with E-state index in [4.69, 9.17) is 10.5 Å². The number of fused-ring (bicyclic) bond motifs is 1. The summed E-state index contributed by atoms with van der Waals surface area (Å²) in [5.74, 6) is 0. The highest BCUT2D eigenvalue weighted by Crippen LogP contribution is 2.18. The molecule has 1 heterocycles. The van der Waals surface area contributed by atoms with Crippen molar-refractivity contribution in [3.05, 3.63) is 42.1 Å². The highest BCUT2D eigenvalue weighted by atomic mass is 16.5. The van der Waals surface area contributed by atoms with Crippen molar-refractivity contribution in [1.82, 2.24) is 4.98 Å². The van der Waals surface area contributed by atoms with Crippen molar-refractivity contribution in [2.45, 2.75) is 38.8 Å². The van der Waals surface area contributed by atoms with Crippen LogP contribution in [-0.4, -0.2) is 23.2 Å². The SMILES string of the molecule is CCOC(C)(C)C(N)Cc1ccc2ccccc2n1. The molecule has 1 atom stereocenters. The fourth-order valence-electron chi connectivity index (χ4n) is 2.17. The number of benzene rings is 1. The summed E-state index contributed by atoms with van der Waals surface area (Å²) in [5.41, 5.74) is 7.95. The van der Waals surface area contributed by atoms with Gasteiger partial charge in [-0.25, -0.2) is 0 Å². The molecule has 0 saturated heterocycles. The zero-order chi connectivity index (χ0) is 13.9. The molecule has 1 unspecified atom stereocenters. The number of nitrogens with zero attached hydrogens (tertiary/aromatic N) is 1. The predicted octanol–water partition coefficient (Wildman–Crippen LogP) is 2.92. The van der Waals surface area contributed by atoms with Gasteiger partial charge in [0.25, 0.3) is 0 Å². The number of para-hydroxylation sites is 1. The Morgan fingerprint density at radius 3 is 2.68 bits per heavy atom. The Morgan fingerprint density at radius 1 is 1.21 bits per heavy atom. The lowest BCUT2D eigenvalue weighted by Gasteiger charge is -2.31. The van der Waals surface area contributed by atoms with Crippen LogP contribution in [0.4, 0.5) is 0 Å². The molecule has 0 fully saturated rings. The van der Waals surface area contributed by atoms with Crippen molar-refractivity contribution in [3.8, 4) is 0 Å². The zero-order valence-electron chi connectivity index (χ0n) is 11.9. The molecule has 2 aromatic rings. The van der Waals surface area contributed by atoms with Crippen molar-refractivity contribution < 1.29 is 4.74 Å². The van der Waals surface area contributed by atoms with Crippen LogP contribution in [0.15, 0.2) is 36.4 Å². The van der Waals surface area contributed by atoms with Crippen LogP contribution in [0.2, 0.25) is 0 Å². The molecule has 19 heavy (non-hydrogen) atoms. The lowest BCUT2D eigenvalue weighted by Crippen LogP contribution is -2.46. The minimum atomic E-state index is -0.331. The lowest BCUT2D eigenvalue weighted by atomic mass is 9.94. The largest absolute Gasteiger partial charge is 0.374 e. The second kappa shape index (κ2) is 5.68.